The average Bonchev–Trinajstić information content (AvgIpc) is 2.37. The molecule has 0 saturated carbocycles. The summed E-state index contributed by atoms with van der Waals surface area (Å²) in [5.74, 6) is 0. The van der Waals surface area contributed by atoms with Crippen molar-refractivity contribution in [3.63, 3.8) is 0 Å². The van der Waals surface area contributed by atoms with Crippen molar-refractivity contribution in [1.82, 2.24) is 0 Å². The van der Waals surface area contributed by atoms with Crippen molar-refractivity contribution in [2.75, 3.05) is 5.32 Å². The van der Waals surface area contributed by atoms with Gasteiger partial charge in [-0.15, -0.1) is 0 Å². The molecule has 0 saturated heterocycles. The smallest absolute Gasteiger partial charge is 0.310 e. The second-order valence-corrected chi connectivity index (χ2v) is 5.20. The summed E-state index contributed by atoms with van der Waals surface area (Å²) in [6, 6.07) is 12.5. The Kier molecular flexibility index (Phi) is 4.39. The van der Waals surface area contributed by atoms with E-state index in [1.165, 1.54) is 6.07 Å². The van der Waals surface area contributed by atoms with Crippen LogP contribution in [0.25, 0.3) is 0 Å². The topological polar surface area (TPSA) is 55.2 Å². The Labute approximate surface area is 123 Å². The molecule has 0 aliphatic carbocycles. The van der Waals surface area contributed by atoms with E-state index in [1.807, 2.05) is 24.3 Å². The van der Waals surface area contributed by atoms with E-state index in [4.69, 9.17) is 11.6 Å². The van der Waals surface area contributed by atoms with Crippen molar-refractivity contribution in [3.8, 4) is 0 Å². The first-order valence-corrected chi connectivity index (χ1v) is 6.66. The molecule has 0 heterocycles. The summed E-state index contributed by atoms with van der Waals surface area (Å²) in [4.78, 5) is 10.5. The molecule has 98 valence electrons. The Balaban J connectivity index is 2.18. The summed E-state index contributed by atoms with van der Waals surface area (Å²) in [5.41, 5.74) is 1.35. The van der Waals surface area contributed by atoms with Gasteiger partial charge in [-0.3, -0.25) is 10.1 Å². The minimum Gasteiger partial charge on any atom is -0.375 e. The SMILES string of the molecule is O=[N+]([O-])c1c(Cl)cccc1NCc1ccc(Br)cc1. The Morgan fingerprint density at radius 3 is 2.53 bits per heavy atom. The fourth-order valence-electron chi connectivity index (χ4n) is 1.64. The van der Waals surface area contributed by atoms with E-state index >= 15 is 0 Å². The van der Waals surface area contributed by atoms with E-state index in [9.17, 15) is 10.1 Å². The van der Waals surface area contributed by atoms with Crippen molar-refractivity contribution < 1.29 is 4.92 Å². The molecule has 2 aromatic carbocycles. The minimum absolute atomic E-state index is 0.0960. The molecule has 0 aromatic heterocycles. The van der Waals surface area contributed by atoms with E-state index in [1.54, 1.807) is 12.1 Å². The molecule has 0 bridgehead atoms. The van der Waals surface area contributed by atoms with E-state index in [0.29, 0.717) is 12.2 Å². The molecule has 0 amide bonds. The summed E-state index contributed by atoms with van der Waals surface area (Å²) >= 11 is 9.19. The van der Waals surface area contributed by atoms with Crippen LogP contribution in [0.4, 0.5) is 11.4 Å². The number of benzene rings is 2. The van der Waals surface area contributed by atoms with Crippen LogP contribution in [0, 0.1) is 10.1 Å². The van der Waals surface area contributed by atoms with E-state index in [0.717, 1.165) is 10.0 Å². The van der Waals surface area contributed by atoms with E-state index < -0.39 is 4.92 Å². The van der Waals surface area contributed by atoms with Crippen LogP contribution < -0.4 is 5.32 Å². The van der Waals surface area contributed by atoms with Gasteiger partial charge in [-0.2, -0.15) is 0 Å². The van der Waals surface area contributed by atoms with Crippen LogP contribution in [0.1, 0.15) is 5.56 Å². The highest BCUT2D eigenvalue weighted by molar-refractivity contribution is 9.10. The fourth-order valence-corrected chi connectivity index (χ4v) is 2.15. The predicted molar refractivity (Wildman–Crippen MR) is 79.6 cm³/mol. The Hall–Kier alpha value is -1.59. The van der Waals surface area contributed by atoms with Crippen LogP contribution in [0.2, 0.25) is 5.02 Å². The number of nitrogens with one attached hydrogen (secondary N) is 1. The number of anilines is 1. The first kappa shape index (κ1) is 13.8. The second-order valence-electron chi connectivity index (χ2n) is 3.87. The molecule has 4 nitrogen and oxygen atoms in total. The summed E-state index contributed by atoms with van der Waals surface area (Å²) < 4.78 is 0.991. The van der Waals surface area contributed by atoms with Crippen LogP contribution in [-0.2, 0) is 6.54 Å². The van der Waals surface area contributed by atoms with Gasteiger partial charge in [0.2, 0.25) is 0 Å². The van der Waals surface area contributed by atoms with Crippen molar-refractivity contribution in [1.29, 1.82) is 0 Å². The van der Waals surface area contributed by atoms with Gasteiger partial charge in [0.15, 0.2) is 0 Å². The zero-order chi connectivity index (χ0) is 13.8. The molecule has 0 atom stereocenters. The number of rotatable bonds is 4. The number of hydrogen-bond donors (Lipinski definition) is 1. The molecule has 2 aromatic rings. The van der Waals surface area contributed by atoms with Crippen LogP contribution in [0.5, 0.6) is 0 Å². The number of hydrogen-bond acceptors (Lipinski definition) is 3. The molecule has 1 N–H and O–H groups in total. The van der Waals surface area contributed by atoms with Gasteiger partial charge in [0.05, 0.1) is 4.92 Å². The third-order valence-corrected chi connectivity index (χ3v) is 3.40. The van der Waals surface area contributed by atoms with Crippen LogP contribution in [0.15, 0.2) is 46.9 Å². The Morgan fingerprint density at radius 2 is 1.89 bits per heavy atom. The lowest BCUT2D eigenvalue weighted by Crippen LogP contribution is -2.02. The van der Waals surface area contributed by atoms with Crippen molar-refractivity contribution >= 4 is 38.9 Å². The monoisotopic (exact) mass is 340 g/mol. The van der Waals surface area contributed by atoms with Crippen LogP contribution >= 0.6 is 27.5 Å². The summed E-state index contributed by atoms with van der Waals surface area (Å²) in [5, 5.41) is 14.1. The van der Waals surface area contributed by atoms with Crippen molar-refractivity contribution in [3.05, 3.63) is 67.6 Å². The van der Waals surface area contributed by atoms with E-state index in [-0.39, 0.29) is 10.7 Å². The van der Waals surface area contributed by atoms with Crippen LogP contribution in [-0.4, -0.2) is 4.92 Å². The molecule has 0 unspecified atom stereocenters. The highest BCUT2D eigenvalue weighted by atomic mass is 79.9. The third kappa shape index (κ3) is 3.45. The lowest BCUT2D eigenvalue weighted by atomic mass is 10.2. The number of para-hydroxylation sites is 1. The molecule has 6 heteroatoms. The highest BCUT2D eigenvalue weighted by Gasteiger charge is 2.17. The zero-order valence-corrected chi connectivity index (χ0v) is 12.1. The number of nitro groups is 1. The summed E-state index contributed by atoms with van der Waals surface area (Å²) in [7, 11) is 0. The number of nitrogens with zero attached hydrogens (tertiary/aromatic N) is 1. The molecule has 0 spiro atoms. The summed E-state index contributed by atoms with van der Waals surface area (Å²) in [6.07, 6.45) is 0. The minimum atomic E-state index is -0.480. The van der Waals surface area contributed by atoms with Gasteiger partial charge >= 0.3 is 5.69 Å². The predicted octanol–water partition coefficient (Wildman–Crippen LogP) is 4.62. The maximum atomic E-state index is 11.0. The van der Waals surface area contributed by atoms with Gasteiger partial charge in [0.25, 0.3) is 0 Å². The van der Waals surface area contributed by atoms with Gasteiger partial charge in [-0.1, -0.05) is 45.7 Å². The third-order valence-electron chi connectivity index (χ3n) is 2.57. The molecule has 0 fully saturated rings. The lowest BCUT2D eigenvalue weighted by molar-refractivity contribution is -0.383. The largest absolute Gasteiger partial charge is 0.375 e. The second kappa shape index (κ2) is 6.04. The maximum Gasteiger partial charge on any atom is 0.310 e. The van der Waals surface area contributed by atoms with Crippen molar-refractivity contribution in [2.45, 2.75) is 6.54 Å². The van der Waals surface area contributed by atoms with Gasteiger partial charge < -0.3 is 5.32 Å². The quantitative estimate of drug-likeness (QED) is 0.652. The van der Waals surface area contributed by atoms with Crippen LogP contribution in [0.3, 0.4) is 0 Å². The van der Waals surface area contributed by atoms with Gasteiger partial charge in [0, 0.05) is 11.0 Å². The normalized spacial score (nSPS) is 10.2. The molecule has 0 radical (unpaired) electrons. The number of nitro benzene ring substituents is 1. The standard InChI is InChI=1S/C13H10BrClN2O2/c14-10-6-4-9(5-7-10)8-16-12-3-1-2-11(15)13(12)17(18)19/h1-7,16H,8H2. The summed E-state index contributed by atoms with van der Waals surface area (Å²) in [6.45, 7) is 0.495. The molecule has 0 aliphatic heterocycles. The molecular weight excluding hydrogens is 332 g/mol. The first-order valence-electron chi connectivity index (χ1n) is 5.49. The number of halogens is 2. The maximum absolute atomic E-state index is 11.0. The molecule has 2 rings (SSSR count). The highest BCUT2D eigenvalue weighted by Crippen LogP contribution is 2.32. The zero-order valence-electron chi connectivity index (χ0n) is 9.77. The Bertz CT molecular complexity index is 602. The molecule has 0 aliphatic rings. The van der Waals surface area contributed by atoms with Gasteiger partial charge in [-0.05, 0) is 29.8 Å². The van der Waals surface area contributed by atoms with E-state index in [2.05, 4.69) is 21.2 Å². The molecular formula is C13H10BrClN2O2. The van der Waals surface area contributed by atoms with Crippen molar-refractivity contribution in [2.24, 2.45) is 0 Å². The molecule has 19 heavy (non-hydrogen) atoms. The Morgan fingerprint density at radius 1 is 1.21 bits per heavy atom. The lowest BCUT2D eigenvalue weighted by Gasteiger charge is -2.08. The average molecular weight is 342 g/mol. The van der Waals surface area contributed by atoms with Gasteiger partial charge in [0.1, 0.15) is 10.7 Å². The fraction of sp³-hybridized carbons (Fsp3) is 0.0769. The first-order chi connectivity index (χ1) is 9.08. The van der Waals surface area contributed by atoms with Gasteiger partial charge in [-0.25, -0.2) is 0 Å².